The van der Waals surface area contributed by atoms with Gasteiger partial charge in [-0.25, -0.2) is 4.39 Å². The van der Waals surface area contributed by atoms with Crippen LogP contribution in [0.25, 0.3) is 0 Å². The molecule has 1 aromatic heterocycles. The summed E-state index contributed by atoms with van der Waals surface area (Å²) in [6.45, 7) is 0.173. The molecule has 0 atom stereocenters. The van der Waals surface area contributed by atoms with Crippen molar-refractivity contribution in [1.29, 1.82) is 0 Å². The average Bonchev–Trinajstić information content (AvgIpc) is 2.65. The lowest BCUT2D eigenvalue weighted by Crippen LogP contribution is -2.10. The summed E-state index contributed by atoms with van der Waals surface area (Å²) in [5, 5.41) is 3.96. The van der Waals surface area contributed by atoms with Gasteiger partial charge in [0.15, 0.2) is 0 Å². The molecule has 0 amide bonds. The highest BCUT2D eigenvalue weighted by molar-refractivity contribution is 14.1. The van der Waals surface area contributed by atoms with E-state index in [0.29, 0.717) is 5.56 Å². The predicted molar refractivity (Wildman–Crippen MR) is 65.4 cm³/mol. The van der Waals surface area contributed by atoms with Crippen LogP contribution >= 0.6 is 22.6 Å². The van der Waals surface area contributed by atoms with E-state index < -0.39 is 17.6 Å². The Morgan fingerprint density at radius 2 is 2.00 bits per heavy atom. The highest BCUT2D eigenvalue weighted by atomic mass is 127. The lowest BCUT2D eigenvalue weighted by atomic mass is 10.1. The molecule has 0 spiro atoms. The van der Waals surface area contributed by atoms with Crippen LogP contribution in [0, 0.1) is 9.39 Å². The van der Waals surface area contributed by atoms with Crippen LogP contribution in [0.4, 0.5) is 17.6 Å². The zero-order valence-corrected chi connectivity index (χ0v) is 11.0. The third-order valence-corrected chi connectivity index (χ3v) is 2.84. The van der Waals surface area contributed by atoms with Crippen molar-refractivity contribution < 1.29 is 17.6 Å². The molecule has 0 N–H and O–H groups in total. The Hall–Kier alpha value is -1.12. The number of alkyl halides is 3. The van der Waals surface area contributed by atoms with Gasteiger partial charge in [0.25, 0.3) is 0 Å². The van der Waals surface area contributed by atoms with Gasteiger partial charge in [-0.1, -0.05) is 6.07 Å². The Balaban J connectivity index is 2.30. The first-order valence-electron chi connectivity index (χ1n) is 4.90. The summed E-state index contributed by atoms with van der Waals surface area (Å²) in [6.07, 6.45) is -1.40. The quantitative estimate of drug-likeness (QED) is 0.583. The van der Waals surface area contributed by atoms with Crippen LogP contribution in [-0.4, -0.2) is 9.78 Å². The lowest BCUT2D eigenvalue weighted by molar-refractivity contribution is -0.140. The topological polar surface area (TPSA) is 17.8 Å². The first-order chi connectivity index (χ1) is 8.36. The van der Waals surface area contributed by atoms with Gasteiger partial charge < -0.3 is 0 Å². The summed E-state index contributed by atoms with van der Waals surface area (Å²) in [5.41, 5.74) is -0.898. The monoisotopic (exact) mass is 370 g/mol. The summed E-state index contributed by atoms with van der Waals surface area (Å²) >= 11 is 2.04. The largest absolute Gasteiger partial charge is 0.419 e. The van der Waals surface area contributed by atoms with Crippen LogP contribution in [0.2, 0.25) is 0 Å². The molecule has 1 heterocycles. The van der Waals surface area contributed by atoms with Gasteiger partial charge in [0, 0.05) is 6.20 Å². The molecule has 2 nitrogen and oxygen atoms in total. The molecule has 0 saturated heterocycles. The van der Waals surface area contributed by atoms with E-state index in [2.05, 4.69) is 5.10 Å². The summed E-state index contributed by atoms with van der Waals surface area (Å²) in [7, 11) is 0. The van der Waals surface area contributed by atoms with E-state index in [4.69, 9.17) is 0 Å². The first kappa shape index (κ1) is 13.3. The van der Waals surface area contributed by atoms with Crippen LogP contribution in [0.5, 0.6) is 0 Å². The Morgan fingerprint density at radius 1 is 1.28 bits per heavy atom. The molecule has 0 aliphatic rings. The van der Waals surface area contributed by atoms with Crippen molar-refractivity contribution in [2.75, 3.05) is 0 Å². The van der Waals surface area contributed by atoms with Crippen molar-refractivity contribution in [1.82, 2.24) is 9.78 Å². The number of rotatable bonds is 2. The van der Waals surface area contributed by atoms with Gasteiger partial charge in [0.1, 0.15) is 5.82 Å². The van der Waals surface area contributed by atoms with E-state index in [1.165, 1.54) is 10.7 Å². The van der Waals surface area contributed by atoms with Crippen LogP contribution in [0.1, 0.15) is 11.1 Å². The third kappa shape index (κ3) is 3.01. The molecule has 2 rings (SSSR count). The number of benzene rings is 1. The van der Waals surface area contributed by atoms with E-state index in [0.717, 1.165) is 15.7 Å². The zero-order valence-electron chi connectivity index (χ0n) is 8.88. The standard InChI is InChI=1S/C11H7F4IN2/c12-10-2-1-7(3-9(10)11(13,14)15)5-18-6-8(16)4-17-18/h1-4,6H,5H2. The maximum atomic E-state index is 13.1. The molecule has 96 valence electrons. The van der Waals surface area contributed by atoms with E-state index in [-0.39, 0.29) is 6.54 Å². The van der Waals surface area contributed by atoms with Crippen molar-refractivity contribution in [2.45, 2.75) is 12.7 Å². The highest BCUT2D eigenvalue weighted by Gasteiger charge is 2.34. The average molecular weight is 370 g/mol. The van der Waals surface area contributed by atoms with Gasteiger partial charge in [-0.3, -0.25) is 4.68 Å². The van der Waals surface area contributed by atoms with Crippen molar-refractivity contribution in [3.05, 3.63) is 51.1 Å². The molecule has 0 aliphatic heterocycles. The van der Waals surface area contributed by atoms with E-state index in [1.54, 1.807) is 12.4 Å². The molecule has 0 radical (unpaired) electrons. The van der Waals surface area contributed by atoms with Crippen LogP contribution in [0.15, 0.2) is 30.6 Å². The maximum Gasteiger partial charge on any atom is 0.419 e. The summed E-state index contributed by atoms with van der Waals surface area (Å²) in [5.74, 6) is -1.26. The fraction of sp³-hybridized carbons (Fsp3) is 0.182. The number of hydrogen-bond acceptors (Lipinski definition) is 1. The van der Waals surface area contributed by atoms with Gasteiger partial charge in [-0.15, -0.1) is 0 Å². The lowest BCUT2D eigenvalue weighted by Gasteiger charge is -2.10. The fourth-order valence-corrected chi connectivity index (χ4v) is 1.95. The zero-order chi connectivity index (χ0) is 13.3. The summed E-state index contributed by atoms with van der Waals surface area (Å²) in [4.78, 5) is 0. The molecule has 1 aromatic carbocycles. The smallest absolute Gasteiger partial charge is 0.267 e. The van der Waals surface area contributed by atoms with Crippen LogP contribution < -0.4 is 0 Å². The Morgan fingerprint density at radius 3 is 2.56 bits per heavy atom. The number of aromatic nitrogens is 2. The number of hydrogen-bond donors (Lipinski definition) is 0. The SMILES string of the molecule is Fc1ccc(Cn2cc(I)cn2)cc1C(F)(F)F. The molecule has 7 heteroatoms. The summed E-state index contributed by atoms with van der Waals surface area (Å²) in [6, 6.07) is 2.95. The molecule has 0 saturated carbocycles. The Bertz CT molecular complexity index is 562. The molecular weight excluding hydrogens is 363 g/mol. The van der Waals surface area contributed by atoms with Crippen LogP contribution in [0.3, 0.4) is 0 Å². The van der Waals surface area contributed by atoms with Crippen LogP contribution in [-0.2, 0) is 12.7 Å². The van der Waals surface area contributed by atoms with Gasteiger partial charge in [-0.05, 0) is 40.3 Å². The first-order valence-corrected chi connectivity index (χ1v) is 5.98. The Kier molecular flexibility index (Phi) is 3.60. The Labute approximate surface area is 114 Å². The van der Waals surface area contributed by atoms with Gasteiger partial charge in [0.2, 0.25) is 0 Å². The highest BCUT2D eigenvalue weighted by Crippen LogP contribution is 2.32. The molecule has 0 unspecified atom stereocenters. The van der Waals surface area contributed by atoms with Gasteiger partial charge in [-0.2, -0.15) is 18.3 Å². The second kappa shape index (κ2) is 4.87. The van der Waals surface area contributed by atoms with Crippen molar-refractivity contribution in [2.24, 2.45) is 0 Å². The predicted octanol–water partition coefficient (Wildman–Crippen LogP) is 3.69. The van der Waals surface area contributed by atoms with E-state index >= 15 is 0 Å². The molecule has 0 fully saturated rings. The van der Waals surface area contributed by atoms with Crippen molar-refractivity contribution in [3.63, 3.8) is 0 Å². The maximum absolute atomic E-state index is 13.1. The third-order valence-electron chi connectivity index (χ3n) is 2.28. The second-order valence-electron chi connectivity index (χ2n) is 3.67. The minimum atomic E-state index is -4.68. The minimum absolute atomic E-state index is 0.173. The molecule has 0 aliphatic carbocycles. The minimum Gasteiger partial charge on any atom is -0.267 e. The van der Waals surface area contributed by atoms with Gasteiger partial charge in [0.05, 0.1) is 21.9 Å². The summed E-state index contributed by atoms with van der Waals surface area (Å²) < 4.78 is 53.0. The van der Waals surface area contributed by atoms with E-state index in [1.807, 2.05) is 22.6 Å². The van der Waals surface area contributed by atoms with Crippen molar-refractivity contribution >= 4 is 22.6 Å². The van der Waals surface area contributed by atoms with Crippen molar-refractivity contribution in [3.8, 4) is 0 Å². The molecule has 18 heavy (non-hydrogen) atoms. The number of nitrogens with zero attached hydrogens (tertiary/aromatic N) is 2. The second-order valence-corrected chi connectivity index (χ2v) is 4.91. The normalized spacial score (nSPS) is 11.8. The molecule has 0 bridgehead atoms. The molecular formula is C11H7F4IN2. The number of halogens is 5. The molecule has 2 aromatic rings. The fourth-order valence-electron chi connectivity index (χ4n) is 1.50. The van der Waals surface area contributed by atoms with Gasteiger partial charge >= 0.3 is 6.18 Å². The van der Waals surface area contributed by atoms with E-state index in [9.17, 15) is 17.6 Å².